The number of nitrogens with zero attached hydrogens (tertiary/aromatic N) is 1. The van der Waals surface area contributed by atoms with Gasteiger partial charge in [0.05, 0.1) is 0 Å². The van der Waals surface area contributed by atoms with E-state index in [9.17, 15) is 4.79 Å². The molecule has 0 fully saturated rings. The zero-order valence-corrected chi connectivity index (χ0v) is 23.1. The highest BCUT2D eigenvalue weighted by atomic mass is 16.1. The van der Waals surface area contributed by atoms with Gasteiger partial charge in [0.25, 0.3) is 0 Å². The molecule has 0 saturated carbocycles. The number of likely N-dealkylation sites (N-methyl/N-ethyl adjacent to an activating group) is 1. The zero-order chi connectivity index (χ0) is 25.8. The van der Waals surface area contributed by atoms with Gasteiger partial charge in [0, 0.05) is 23.3 Å². The van der Waals surface area contributed by atoms with Gasteiger partial charge in [-0.25, -0.2) is 0 Å². The molecule has 0 radical (unpaired) electrons. The number of allylic oxidation sites excluding steroid dienone is 2. The van der Waals surface area contributed by atoms with Crippen molar-refractivity contribution >= 4 is 11.4 Å². The second-order valence-corrected chi connectivity index (χ2v) is 11.3. The van der Waals surface area contributed by atoms with Crippen LogP contribution in [0.4, 0.5) is 0 Å². The van der Waals surface area contributed by atoms with E-state index >= 15 is 0 Å². The third-order valence-corrected chi connectivity index (χ3v) is 8.89. The van der Waals surface area contributed by atoms with E-state index in [1.165, 1.54) is 60.8 Å². The van der Waals surface area contributed by atoms with Crippen LogP contribution in [0.3, 0.4) is 0 Å². The molecule has 2 heteroatoms. The maximum Gasteiger partial charge on any atom is 0.129 e. The van der Waals surface area contributed by atoms with Crippen LogP contribution in [0.5, 0.6) is 0 Å². The Kier molecular flexibility index (Phi) is 8.35. The molecule has 0 saturated heterocycles. The number of rotatable bonds is 12. The first kappa shape index (κ1) is 26.6. The molecule has 4 rings (SSSR count). The molecule has 0 amide bonds. The first-order valence-corrected chi connectivity index (χ1v) is 14.1. The Hall–Kier alpha value is -2.45. The van der Waals surface area contributed by atoms with Crippen molar-refractivity contribution in [2.45, 2.75) is 89.5 Å². The number of unbranched alkanes of at least 4 members (excludes halogenated alkanes) is 2. The first-order chi connectivity index (χ1) is 17.4. The van der Waals surface area contributed by atoms with Gasteiger partial charge in [0.15, 0.2) is 0 Å². The Morgan fingerprint density at radius 3 is 2.17 bits per heavy atom. The van der Waals surface area contributed by atoms with Crippen molar-refractivity contribution in [3.63, 3.8) is 0 Å². The second kappa shape index (κ2) is 11.3. The van der Waals surface area contributed by atoms with Crippen molar-refractivity contribution in [1.29, 1.82) is 0 Å². The summed E-state index contributed by atoms with van der Waals surface area (Å²) in [6, 6.07) is 20.1. The van der Waals surface area contributed by atoms with Gasteiger partial charge in [0.2, 0.25) is 0 Å². The second-order valence-electron chi connectivity index (χ2n) is 11.3. The van der Waals surface area contributed by atoms with E-state index in [0.29, 0.717) is 12.2 Å². The van der Waals surface area contributed by atoms with E-state index in [-0.39, 0.29) is 16.9 Å². The smallest absolute Gasteiger partial charge is 0.129 e. The molecule has 192 valence electrons. The quantitative estimate of drug-likeness (QED) is 0.303. The molecule has 0 aliphatic heterocycles. The molecule has 2 aromatic rings. The monoisotopic (exact) mass is 483 g/mol. The SMILES string of the molecule is CCCCC1(CCCC)C2=C(C=CC(Cc3ccccc3)(N(C)C)C2CCC(C)=O)c2ccccc21. The lowest BCUT2D eigenvalue weighted by Crippen LogP contribution is -2.54. The van der Waals surface area contributed by atoms with Crippen molar-refractivity contribution in [1.82, 2.24) is 4.90 Å². The Bertz CT molecular complexity index is 1100. The van der Waals surface area contributed by atoms with Gasteiger partial charge in [-0.2, -0.15) is 0 Å². The molecule has 2 aliphatic carbocycles. The third kappa shape index (κ3) is 4.77. The van der Waals surface area contributed by atoms with E-state index in [1.807, 2.05) is 0 Å². The van der Waals surface area contributed by atoms with Crippen LogP contribution < -0.4 is 0 Å². The van der Waals surface area contributed by atoms with E-state index in [2.05, 4.69) is 99.6 Å². The zero-order valence-electron chi connectivity index (χ0n) is 23.1. The van der Waals surface area contributed by atoms with Gasteiger partial charge in [0.1, 0.15) is 5.78 Å². The fourth-order valence-corrected chi connectivity index (χ4v) is 7.06. The normalized spacial score (nSPS) is 22.1. The van der Waals surface area contributed by atoms with Crippen LogP contribution in [0.15, 0.2) is 72.3 Å². The maximum absolute atomic E-state index is 12.4. The average molecular weight is 484 g/mol. The summed E-state index contributed by atoms with van der Waals surface area (Å²) in [7, 11) is 4.48. The molecule has 0 spiro atoms. The van der Waals surface area contributed by atoms with Crippen LogP contribution in [0.2, 0.25) is 0 Å². The fraction of sp³-hybridized carbons (Fsp3) is 0.500. The van der Waals surface area contributed by atoms with E-state index in [4.69, 9.17) is 0 Å². The highest BCUT2D eigenvalue weighted by Gasteiger charge is 2.53. The van der Waals surface area contributed by atoms with Crippen molar-refractivity contribution in [3.8, 4) is 0 Å². The lowest BCUT2D eigenvalue weighted by Gasteiger charge is -2.51. The summed E-state index contributed by atoms with van der Waals surface area (Å²) in [5, 5.41) is 0. The third-order valence-electron chi connectivity index (χ3n) is 8.89. The minimum atomic E-state index is -0.165. The van der Waals surface area contributed by atoms with Gasteiger partial charge in [-0.1, -0.05) is 106 Å². The molecule has 2 unspecified atom stereocenters. The van der Waals surface area contributed by atoms with Crippen LogP contribution in [-0.4, -0.2) is 30.3 Å². The molecule has 2 aliphatic rings. The molecule has 0 heterocycles. The number of fused-ring (bicyclic) bond motifs is 2. The Morgan fingerprint density at radius 2 is 1.56 bits per heavy atom. The summed E-state index contributed by atoms with van der Waals surface area (Å²) in [6.45, 7) is 6.39. The average Bonchev–Trinajstić information content (AvgIpc) is 3.16. The van der Waals surface area contributed by atoms with Crippen LogP contribution in [0, 0.1) is 5.92 Å². The molecule has 36 heavy (non-hydrogen) atoms. The number of hydrogen-bond acceptors (Lipinski definition) is 2. The van der Waals surface area contributed by atoms with E-state index in [0.717, 1.165) is 12.8 Å². The highest BCUT2D eigenvalue weighted by molar-refractivity contribution is 5.88. The van der Waals surface area contributed by atoms with Crippen LogP contribution in [0.1, 0.15) is 88.8 Å². The van der Waals surface area contributed by atoms with E-state index < -0.39 is 0 Å². The van der Waals surface area contributed by atoms with Crippen molar-refractivity contribution < 1.29 is 4.79 Å². The van der Waals surface area contributed by atoms with Gasteiger partial charge in [-0.3, -0.25) is 4.90 Å². The number of ketones is 1. The largest absolute Gasteiger partial charge is 0.300 e. The summed E-state index contributed by atoms with van der Waals surface area (Å²) >= 11 is 0. The summed E-state index contributed by atoms with van der Waals surface area (Å²) in [6.07, 6.45) is 14.7. The summed E-state index contributed by atoms with van der Waals surface area (Å²) < 4.78 is 0. The molecule has 2 nitrogen and oxygen atoms in total. The fourth-order valence-electron chi connectivity index (χ4n) is 7.06. The van der Waals surface area contributed by atoms with Gasteiger partial charge in [-0.15, -0.1) is 0 Å². The minimum absolute atomic E-state index is 0.0576. The molecule has 2 aromatic carbocycles. The molecule has 2 atom stereocenters. The number of carbonyl (C=O) groups is 1. The molecular weight excluding hydrogens is 438 g/mol. The van der Waals surface area contributed by atoms with Gasteiger partial charge < -0.3 is 4.79 Å². The van der Waals surface area contributed by atoms with Crippen molar-refractivity contribution in [2.24, 2.45) is 5.92 Å². The summed E-state index contributed by atoms with van der Waals surface area (Å²) in [5.41, 5.74) is 7.27. The van der Waals surface area contributed by atoms with Gasteiger partial charge in [-0.05, 0) is 74.5 Å². The lowest BCUT2D eigenvalue weighted by molar-refractivity contribution is -0.117. The van der Waals surface area contributed by atoms with Crippen LogP contribution in [0.25, 0.3) is 5.57 Å². The predicted molar refractivity (Wildman–Crippen MR) is 153 cm³/mol. The number of hydrogen-bond donors (Lipinski definition) is 0. The van der Waals surface area contributed by atoms with Crippen molar-refractivity contribution in [3.05, 3.63) is 89.0 Å². The number of benzene rings is 2. The number of Topliss-reactive ketones (excluding diaryl/α,β-unsaturated/α-hetero) is 1. The Balaban J connectivity index is 1.94. The Labute approximate surface area is 219 Å². The summed E-state index contributed by atoms with van der Waals surface area (Å²) in [5.74, 6) is 0.583. The molecular formula is C34H45NO. The predicted octanol–water partition coefficient (Wildman–Crippen LogP) is 8.17. The maximum atomic E-state index is 12.4. The molecule has 0 bridgehead atoms. The standard InChI is InChI=1S/C34H45NO/c1-6-8-22-33(23-9-7-2)30-18-14-13-17-28(30)29-21-24-34(35(4)5,25-27-15-11-10-12-16-27)31(32(29)33)20-19-26(3)36/h10-18,21,24,31H,6-9,19-20,22-23,25H2,1-5H3. The van der Waals surface area contributed by atoms with E-state index in [1.54, 1.807) is 12.5 Å². The summed E-state index contributed by atoms with van der Waals surface area (Å²) in [4.78, 5) is 14.8. The van der Waals surface area contributed by atoms with Gasteiger partial charge >= 0.3 is 0 Å². The number of carbonyl (C=O) groups excluding carboxylic acids is 1. The molecule has 0 N–H and O–H groups in total. The molecule has 0 aromatic heterocycles. The first-order valence-electron chi connectivity index (χ1n) is 14.1. The highest BCUT2D eigenvalue weighted by Crippen LogP contribution is 2.60. The van der Waals surface area contributed by atoms with Crippen LogP contribution >= 0.6 is 0 Å². The van der Waals surface area contributed by atoms with Crippen molar-refractivity contribution in [2.75, 3.05) is 14.1 Å². The van der Waals surface area contributed by atoms with Crippen LogP contribution in [-0.2, 0) is 16.6 Å². The minimum Gasteiger partial charge on any atom is -0.300 e. The topological polar surface area (TPSA) is 20.3 Å². The Morgan fingerprint density at radius 1 is 0.917 bits per heavy atom. The lowest BCUT2D eigenvalue weighted by atomic mass is 9.59.